The summed E-state index contributed by atoms with van der Waals surface area (Å²) >= 11 is 1.42. The molecule has 1 saturated heterocycles. The maximum Gasteiger partial charge on any atom is 0.268 e. The highest BCUT2D eigenvalue weighted by Crippen LogP contribution is 2.15. The van der Waals surface area contributed by atoms with Gasteiger partial charge in [-0.3, -0.25) is 4.79 Å². The van der Waals surface area contributed by atoms with Crippen LogP contribution in [-0.4, -0.2) is 29.7 Å². The Bertz CT molecular complexity index is 616. The third kappa shape index (κ3) is 3.26. The molecule has 1 aliphatic rings. The first-order chi connectivity index (χ1) is 9.83. The Hall–Kier alpha value is -1.24. The fourth-order valence-corrected chi connectivity index (χ4v) is 3.30. The lowest BCUT2D eigenvalue weighted by atomic mass is 9.97. The van der Waals surface area contributed by atoms with Gasteiger partial charge in [-0.1, -0.05) is 0 Å². The number of nitrogens with one attached hydrogen (secondary N) is 2. The quantitative estimate of drug-likeness (QED) is 0.826. The first kappa shape index (κ1) is 13.7. The standard InChI is InChI=1S/C14H19N3O2S/c18-14-13-11(4-7-20-13)16-12(17-14)9-19-6-3-10-2-1-5-15-8-10/h4,7,10,15H,1-3,5-6,8-9H2,(H,16,17,18). The number of piperidine rings is 1. The van der Waals surface area contributed by atoms with Crippen molar-refractivity contribution in [3.8, 4) is 0 Å². The highest BCUT2D eigenvalue weighted by atomic mass is 32.1. The van der Waals surface area contributed by atoms with Gasteiger partial charge in [0.25, 0.3) is 5.56 Å². The van der Waals surface area contributed by atoms with Crippen molar-refractivity contribution < 1.29 is 4.74 Å². The second-order valence-electron chi connectivity index (χ2n) is 5.20. The van der Waals surface area contributed by atoms with Crippen molar-refractivity contribution in [3.63, 3.8) is 0 Å². The van der Waals surface area contributed by atoms with Crippen molar-refractivity contribution in [2.45, 2.75) is 25.9 Å². The molecule has 6 heteroatoms. The Balaban J connectivity index is 1.50. The van der Waals surface area contributed by atoms with E-state index in [0.717, 1.165) is 37.6 Å². The summed E-state index contributed by atoms with van der Waals surface area (Å²) < 4.78 is 6.33. The first-order valence-corrected chi connectivity index (χ1v) is 7.96. The van der Waals surface area contributed by atoms with Crippen molar-refractivity contribution in [2.24, 2.45) is 5.92 Å². The Morgan fingerprint density at radius 2 is 2.45 bits per heavy atom. The molecular formula is C14H19N3O2S. The summed E-state index contributed by atoms with van der Waals surface area (Å²) in [7, 11) is 0. The fourth-order valence-electron chi connectivity index (χ4n) is 2.58. The Labute approximate surface area is 121 Å². The van der Waals surface area contributed by atoms with Gasteiger partial charge in [0.1, 0.15) is 17.1 Å². The topological polar surface area (TPSA) is 67.0 Å². The van der Waals surface area contributed by atoms with E-state index in [1.165, 1.54) is 24.2 Å². The molecule has 0 bridgehead atoms. The Kier molecular flexibility index (Phi) is 4.44. The second-order valence-corrected chi connectivity index (χ2v) is 6.12. The van der Waals surface area contributed by atoms with Crippen LogP contribution in [0.3, 0.4) is 0 Å². The summed E-state index contributed by atoms with van der Waals surface area (Å²) in [5.41, 5.74) is 0.689. The highest BCUT2D eigenvalue weighted by Gasteiger charge is 2.12. The minimum absolute atomic E-state index is 0.0694. The van der Waals surface area contributed by atoms with Crippen molar-refractivity contribution in [1.82, 2.24) is 15.3 Å². The van der Waals surface area contributed by atoms with Gasteiger partial charge in [0, 0.05) is 6.61 Å². The van der Waals surface area contributed by atoms with E-state index in [-0.39, 0.29) is 5.56 Å². The van der Waals surface area contributed by atoms with Gasteiger partial charge in [-0.15, -0.1) is 11.3 Å². The van der Waals surface area contributed by atoms with Gasteiger partial charge in [0.2, 0.25) is 0 Å². The number of thiophene rings is 1. The maximum atomic E-state index is 11.8. The van der Waals surface area contributed by atoms with E-state index in [9.17, 15) is 4.79 Å². The largest absolute Gasteiger partial charge is 0.374 e. The molecule has 0 saturated carbocycles. The van der Waals surface area contributed by atoms with Gasteiger partial charge in [-0.25, -0.2) is 4.98 Å². The van der Waals surface area contributed by atoms with Gasteiger partial charge in [-0.2, -0.15) is 0 Å². The first-order valence-electron chi connectivity index (χ1n) is 7.08. The molecule has 3 rings (SSSR count). The predicted octanol–water partition coefficient (Wildman–Crippen LogP) is 1.89. The molecule has 0 spiro atoms. The number of hydrogen-bond acceptors (Lipinski definition) is 5. The molecule has 108 valence electrons. The molecule has 20 heavy (non-hydrogen) atoms. The van der Waals surface area contributed by atoms with Gasteiger partial charge in [-0.05, 0) is 49.7 Å². The molecule has 1 fully saturated rings. The van der Waals surface area contributed by atoms with Gasteiger partial charge in [0.05, 0.1) is 5.52 Å². The number of fused-ring (bicyclic) bond motifs is 1. The van der Waals surface area contributed by atoms with E-state index in [1.54, 1.807) is 0 Å². The van der Waals surface area contributed by atoms with Crippen LogP contribution in [0.15, 0.2) is 16.2 Å². The van der Waals surface area contributed by atoms with E-state index in [4.69, 9.17) is 4.74 Å². The summed E-state index contributed by atoms with van der Waals surface area (Å²) in [5, 5.41) is 5.29. The third-order valence-electron chi connectivity index (χ3n) is 3.67. The summed E-state index contributed by atoms with van der Waals surface area (Å²) in [5.74, 6) is 1.33. The number of rotatable bonds is 5. The average Bonchev–Trinajstić information content (AvgIpc) is 2.94. The minimum Gasteiger partial charge on any atom is -0.374 e. The summed E-state index contributed by atoms with van der Waals surface area (Å²) in [6, 6.07) is 1.87. The lowest BCUT2D eigenvalue weighted by molar-refractivity contribution is 0.0987. The molecule has 0 radical (unpaired) electrons. The second kappa shape index (κ2) is 6.47. The molecule has 0 aliphatic carbocycles. The van der Waals surface area contributed by atoms with Gasteiger partial charge in [0.15, 0.2) is 0 Å². The fraction of sp³-hybridized carbons (Fsp3) is 0.571. The SMILES string of the molecule is O=c1[nH]c(COCCC2CCCNC2)nc2ccsc12. The molecule has 2 N–H and O–H groups in total. The third-order valence-corrected chi connectivity index (χ3v) is 4.57. The zero-order valence-electron chi connectivity index (χ0n) is 11.4. The number of H-pyrrole nitrogens is 1. The molecule has 1 unspecified atom stereocenters. The Morgan fingerprint density at radius 3 is 3.30 bits per heavy atom. The summed E-state index contributed by atoms with van der Waals surface area (Å²) in [6.45, 7) is 3.33. The summed E-state index contributed by atoms with van der Waals surface area (Å²) in [4.78, 5) is 19.0. The van der Waals surface area contributed by atoms with Crippen molar-refractivity contribution >= 4 is 21.6 Å². The molecule has 3 heterocycles. The van der Waals surface area contributed by atoms with Crippen molar-refractivity contribution in [3.05, 3.63) is 27.6 Å². The van der Waals surface area contributed by atoms with E-state index in [1.807, 2.05) is 11.4 Å². The summed E-state index contributed by atoms with van der Waals surface area (Å²) in [6.07, 6.45) is 3.61. The smallest absolute Gasteiger partial charge is 0.268 e. The van der Waals surface area contributed by atoms with Crippen LogP contribution in [0.2, 0.25) is 0 Å². The minimum atomic E-state index is -0.0694. The van der Waals surface area contributed by atoms with Crippen LogP contribution in [0.25, 0.3) is 10.2 Å². The van der Waals surface area contributed by atoms with Gasteiger partial charge < -0.3 is 15.0 Å². The van der Waals surface area contributed by atoms with E-state index < -0.39 is 0 Å². The van der Waals surface area contributed by atoms with Crippen LogP contribution >= 0.6 is 11.3 Å². The molecule has 1 aliphatic heterocycles. The number of aromatic amines is 1. The van der Waals surface area contributed by atoms with Crippen LogP contribution in [0, 0.1) is 5.92 Å². The number of aromatic nitrogens is 2. The monoisotopic (exact) mass is 293 g/mol. The molecule has 2 aromatic rings. The number of nitrogens with zero attached hydrogens (tertiary/aromatic N) is 1. The van der Waals surface area contributed by atoms with E-state index in [0.29, 0.717) is 17.1 Å². The van der Waals surface area contributed by atoms with E-state index >= 15 is 0 Å². The lowest BCUT2D eigenvalue weighted by Gasteiger charge is -2.22. The maximum absolute atomic E-state index is 11.8. The Morgan fingerprint density at radius 1 is 1.50 bits per heavy atom. The van der Waals surface area contributed by atoms with Crippen molar-refractivity contribution in [1.29, 1.82) is 0 Å². The van der Waals surface area contributed by atoms with E-state index in [2.05, 4.69) is 15.3 Å². The number of hydrogen-bond donors (Lipinski definition) is 2. The van der Waals surface area contributed by atoms with Crippen LogP contribution in [0.4, 0.5) is 0 Å². The highest BCUT2D eigenvalue weighted by molar-refractivity contribution is 7.17. The molecular weight excluding hydrogens is 274 g/mol. The molecule has 2 aromatic heterocycles. The number of ether oxygens (including phenoxy) is 1. The van der Waals surface area contributed by atoms with Crippen LogP contribution in [0.1, 0.15) is 25.1 Å². The molecule has 5 nitrogen and oxygen atoms in total. The molecule has 0 aromatic carbocycles. The van der Waals surface area contributed by atoms with Crippen LogP contribution in [0.5, 0.6) is 0 Å². The zero-order valence-corrected chi connectivity index (χ0v) is 12.2. The van der Waals surface area contributed by atoms with Crippen molar-refractivity contribution in [2.75, 3.05) is 19.7 Å². The predicted molar refractivity (Wildman–Crippen MR) is 80.1 cm³/mol. The van der Waals surface area contributed by atoms with Crippen LogP contribution in [-0.2, 0) is 11.3 Å². The molecule has 1 atom stereocenters. The van der Waals surface area contributed by atoms with Crippen LogP contribution < -0.4 is 10.9 Å². The molecule has 0 amide bonds. The lowest BCUT2D eigenvalue weighted by Crippen LogP contribution is -2.30. The zero-order chi connectivity index (χ0) is 13.8. The average molecular weight is 293 g/mol. The normalized spacial score (nSPS) is 19.5. The van der Waals surface area contributed by atoms with Gasteiger partial charge >= 0.3 is 0 Å².